The van der Waals surface area contributed by atoms with Gasteiger partial charge in [0.25, 0.3) is 5.08 Å². The zero-order chi connectivity index (χ0) is 51.4. The number of aliphatic hydroxyl groups is 1. The van der Waals surface area contributed by atoms with Gasteiger partial charge >= 0.3 is 77.3 Å². The van der Waals surface area contributed by atoms with Crippen LogP contribution in [0.2, 0.25) is 0 Å². The maximum absolute atomic E-state index is 11.4. The molecule has 0 amide bonds. The van der Waals surface area contributed by atoms with Gasteiger partial charge in [-0.25, -0.2) is 27.4 Å². The first-order valence-electron chi connectivity index (χ1n) is 14.2. The SMILES string of the molecule is CC(O)(P(=O)(O)O)P(=O)(O)O.CP(=O)(O)CN(CP(=O)(O)O)CP(=O)(O)O.O=P(O)(O)OC1C(OP(=O)(O)O)C(OP(=O)(O)O)C(OP(=O)(O)O)C(OP(=O)(O)O)C1OP(=O)(O)O. The van der Waals surface area contributed by atoms with E-state index in [2.05, 4.69) is 27.1 Å². The zero-order valence-corrected chi connectivity index (χ0v) is 40.1. The summed E-state index contributed by atoms with van der Waals surface area (Å²) < 4.78 is 146. The Morgan fingerprint density at radius 3 is 0.603 bits per heavy atom. The second kappa shape index (κ2) is 23.1. The van der Waals surface area contributed by atoms with Crippen molar-refractivity contribution in [2.45, 2.75) is 48.6 Å². The number of hydrogen-bond acceptors (Lipinski definition) is 19. The third-order valence-electron chi connectivity index (χ3n) is 5.83. The first-order valence-corrected chi connectivity index (χ1v) is 32.5. The van der Waals surface area contributed by atoms with Crippen molar-refractivity contribution in [3.63, 3.8) is 0 Å². The van der Waals surface area contributed by atoms with Gasteiger partial charge in [0, 0.05) is 6.66 Å². The second-order valence-corrected chi connectivity index (χ2v) is 28.9. The molecule has 1 fully saturated rings. The Balaban J connectivity index is 0. The molecule has 0 saturated heterocycles. The first kappa shape index (κ1) is 66.5. The topological polar surface area (TPSA) is 691 Å². The van der Waals surface area contributed by atoms with Gasteiger partial charge in [0.15, 0.2) is 0 Å². The minimum absolute atomic E-state index is 0.383. The molecule has 0 aliphatic heterocycles. The lowest BCUT2D eigenvalue weighted by Gasteiger charge is -2.48. The van der Waals surface area contributed by atoms with Crippen LogP contribution in [0.15, 0.2) is 0 Å². The lowest BCUT2D eigenvalue weighted by Crippen LogP contribution is -2.66. The van der Waals surface area contributed by atoms with Gasteiger partial charge in [-0.05, 0) is 6.92 Å². The molecule has 1 rings (SSSR count). The highest BCUT2D eigenvalue weighted by Crippen LogP contribution is 2.67. The molecule has 22 N–H and O–H groups in total. The van der Waals surface area contributed by atoms with Gasteiger partial charge in [0.1, 0.15) is 49.2 Å². The Hall–Kier alpha value is 1.37. The van der Waals surface area contributed by atoms with Gasteiger partial charge in [-0.2, -0.15) is 0 Å². The summed E-state index contributed by atoms with van der Waals surface area (Å²) >= 11 is 0. The van der Waals surface area contributed by atoms with Crippen molar-refractivity contribution in [3.05, 3.63) is 0 Å². The van der Waals surface area contributed by atoms with E-state index in [0.717, 1.165) is 6.66 Å². The molecule has 40 nitrogen and oxygen atoms in total. The molecule has 1 atom stereocenters. The minimum Gasteiger partial charge on any atom is -0.368 e. The van der Waals surface area contributed by atoms with E-state index in [4.69, 9.17) is 108 Å². The van der Waals surface area contributed by atoms with E-state index in [-0.39, 0.29) is 0 Å². The maximum atomic E-state index is 11.4. The molecular weight excluding hydrogens is 1120 g/mol. The molecule has 1 aliphatic carbocycles. The summed E-state index contributed by atoms with van der Waals surface area (Å²) in [6, 6.07) is 0. The molecule has 1 saturated carbocycles. The van der Waals surface area contributed by atoms with Crippen LogP contribution in [-0.4, -0.2) is 180 Å². The fourth-order valence-electron chi connectivity index (χ4n) is 3.99. The largest absolute Gasteiger partial charge is 0.470 e. The lowest BCUT2D eigenvalue weighted by atomic mass is 9.85. The van der Waals surface area contributed by atoms with Gasteiger partial charge in [-0.1, -0.05) is 0 Å². The molecule has 0 spiro atoms. The van der Waals surface area contributed by atoms with Crippen LogP contribution in [0.25, 0.3) is 0 Å². The highest BCUT2D eigenvalue weighted by molar-refractivity contribution is 7.72. The summed E-state index contributed by atoms with van der Waals surface area (Å²) in [6.45, 7) is 1.31. The molecule has 0 aromatic carbocycles. The van der Waals surface area contributed by atoms with Crippen molar-refractivity contribution >= 4 is 84.7 Å². The van der Waals surface area contributed by atoms with Crippen LogP contribution in [0.4, 0.5) is 0 Å². The van der Waals surface area contributed by atoms with E-state index in [1.165, 1.54) is 0 Å². The number of phosphoric ester groups is 6. The predicted octanol–water partition coefficient (Wildman–Crippen LogP) is -4.71. The Bertz CT molecular complexity index is 1740. The molecule has 0 aromatic rings. The van der Waals surface area contributed by atoms with Crippen LogP contribution in [0.1, 0.15) is 6.92 Å². The van der Waals surface area contributed by atoms with Crippen molar-refractivity contribution in [1.82, 2.24) is 4.90 Å². The monoisotopic (exact) mass is 1160 g/mol. The molecule has 382 valence electrons. The molecule has 51 heteroatoms. The number of nitrogens with zero attached hydrogens (tertiary/aromatic N) is 1. The molecule has 63 heavy (non-hydrogen) atoms. The third kappa shape index (κ3) is 30.6. The van der Waals surface area contributed by atoms with E-state index >= 15 is 0 Å². The number of hydrogen-bond donors (Lipinski definition) is 22. The van der Waals surface area contributed by atoms with Crippen LogP contribution >= 0.6 is 84.7 Å². The average molecular weight is 1160 g/mol. The van der Waals surface area contributed by atoms with Crippen molar-refractivity contribution in [3.8, 4) is 0 Å². The number of rotatable bonds is 20. The Kier molecular flexibility index (Phi) is 24.3. The normalized spacial score (nSPS) is 23.8. The molecular formula is C12H40NO39P11. The summed E-state index contributed by atoms with van der Waals surface area (Å²) in [5.41, 5.74) is 0. The molecule has 1 unspecified atom stereocenters. The molecule has 0 heterocycles. The number of phosphoric acid groups is 6. The molecule has 0 aromatic heterocycles. The van der Waals surface area contributed by atoms with Gasteiger partial charge in [0.05, 0.1) is 6.29 Å². The quantitative estimate of drug-likeness (QED) is 0.0509. The first-order chi connectivity index (χ1) is 26.9. The molecule has 1 aliphatic rings. The van der Waals surface area contributed by atoms with Crippen molar-refractivity contribution < 1.29 is 185 Å². The van der Waals surface area contributed by atoms with Gasteiger partial charge < -0.3 is 108 Å². The summed E-state index contributed by atoms with van der Waals surface area (Å²) in [5.74, 6) is 0. The van der Waals surface area contributed by atoms with Crippen LogP contribution < -0.4 is 0 Å². The van der Waals surface area contributed by atoms with E-state index in [9.17, 15) is 50.2 Å². The van der Waals surface area contributed by atoms with E-state index in [1.807, 2.05) is 0 Å². The Labute approximate surface area is 348 Å². The summed E-state index contributed by atoms with van der Waals surface area (Å²) in [4.78, 5) is 187. The van der Waals surface area contributed by atoms with E-state index in [0.29, 0.717) is 11.8 Å². The summed E-state index contributed by atoms with van der Waals surface area (Å²) in [6.07, 6.45) is -21.5. The van der Waals surface area contributed by atoms with Crippen molar-refractivity contribution in [1.29, 1.82) is 0 Å². The highest BCUT2D eigenvalue weighted by atomic mass is 31.2. The maximum Gasteiger partial charge on any atom is 0.470 e. The van der Waals surface area contributed by atoms with E-state index < -0.39 is 145 Å². The lowest BCUT2D eigenvalue weighted by molar-refractivity contribution is -0.202. The van der Waals surface area contributed by atoms with Crippen LogP contribution in [-0.2, 0) is 77.4 Å². The fourth-order valence-corrected chi connectivity index (χ4v) is 11.5. The summed E-state index contributed by atoms with van der Waals surface area (Å²) in [7, 11) is -59.2. The van der Waals surface area contributed by atoms with Crippen LogP contribution in [0.3, 0.4) is 0 Å². The van der Waals surface area contributed by atoms with Gasteiger partial charge in [-0.3, -0.25) is 54.9 Å². The third-order valence-corrected chi connectivity index (χ3v) is 15.2. The second-order valence-electron chi connectivity index (χ2n) is 11.9. The van der Waals surface area contributed by atoms with Crippen LogP contribution in [0, 0.1) is 0 Å². The fraction of sp³-hybridized carbons (Fsp3) is 1.00. The summed E-state index contributed by atoms with van der Waals surface area (Å²) in [5, 5.41) is 5.37. The Morgan fingerprint density at radius 2 is 0.524 bits per heavy atom. The molecule has 0 bridgehead atoms. The van der Waals surface area contributed by atoms with Gasteiger partial charge in [-0.15, -0.1) is 0 Å². The van der Waals surface area contributed by atoms with Crippen molar-refractivity contribution in [2.75, 3.05) is 25.5 Å². The standard InChI is InChI=1S/C6H18O24P6.C4H14NO8P3.C2H8O7P2/c7-31(8,9)25-1-2(26-32(10,11)12)4(28-34(16,17)18)6(30-36(22,23)24)5(29-35(19,20)21)3(1)27-33(13,14)15;1-14(6,7)2-5(3-15(8,9)10)4-16(11,12)13;1-2(3,10(4,5)6)11(7,8)9/h1-6H,(H2,7,8,9)(H2,10,11,12)(H2,13,14,15)(H2,16,17,18)(H2,19,20,21)(H2,22,23,24);2-4H2,1H3,(H,6,7)(H2,8,9,10)(H2,11,12,13);3H,1H3,(H2,4,5,6)(H2,7,8,9). The smallest absolute Gasteiger partial charge is 0.368 e. The van der Waals surface area contributed by atoms with Crippen molar-refractivity contribution in [2.24, 2.45) is 0 Å². The molecule has 0 radical (unpaired) electrons. The Morgan fingerprint density at radius 1 is 0.365 bits per heavy atom. The van der Waals surface area contributed by atoms with Gasteiger partial charge in [0.2, 0.25) is 7.37 Å². The zero-order valence-electron chi connectivity index (χ0n) is 30.2. The highest BCUT2D eigenvalue weighted by Gasteiger charge is 2.63. The van der Waals surface area contributed by atoms with Crippen LogP contribution in [0.5, 0.6) is 0 Å². The van der Waals surface area contributed by atoms with E-state index in [1.54, 1.807) is 0 Å². The average Bonchev–Trinajstić information content (AvgIpc) is 2.87. The predicted molar refractivity (Wildman–Crippen MR) is 192 cm³/mol. The minimum atomic E-state index is -6.02.